The number of hydrogen-bond donors (Lipinski definition) is 3. The van der Waals surface area contributed by atoms with Gasteiger partial charge >= 0.3 is 11.9 Å². The highest BCUT2D eigenvalue weighted by Gasteiger charge is 2.48. The zero-order valence-electron chi connectivity index (χ0n) is 32.6. The van der Waals surface area contributed by atoms with Gasteiger partial charge in [-0.15, -0.1) is 0 Å². The Morgan fingerprint density at radius 1 is 1.07 bits per heavy atom. The predicted molar refractivity (Wildman–Crippen MR) is 212 cm³/mol. The number of amides is 1. The Bertz CT molecular complexity index is 2310. The molecule has 8 rings (SSSR count). The van der Waals surface area contributed by atoms with Crippen molar-refractivity contribution in [2.45, 2.75) is 75.4 Å². The number of piperidine rings is 1. The first kappa shape index (κ1) is 40.8. The van der Waals surface area contributed by atoms with Gasteiger partial charge in [-0.05, 0) is 80.0 Å². The number of H-pyrrole nitrogens is 1. The Kier molecular flexibility index (Phi) is 11.2. The standard InChI is InChI=1S/C40H47F3N8O7S/c1-25-2-4-26(5-3-25)23-45-37-32(51(53)54)20-34(35(47-37)40(41,42)43)59(55,56)48-38(52)31-7-6-28(19-33(31)58-30-18-27-8-11-44-36(27)46-24-30)49-12-9-39(10-13-49)21-29(22-39)50-14-16-57-17-15-50/h6-8,11,18-20,24-26,29H,2-5,9-10,12-17,21-23H2,1H3,(H,44,46)(H,45,47)(H,48,52)/t25-,26+. The minimum Gasteiger partial charge on any atom is -0.455 e. The fourth-order valence-electron chi connectivity index (χ4n) is 9.04. The average Bonchev–Trinajstić information content (AvgIpc) is 3.67. The van der Waals surface area contributed by atoms with Crippen molar-refractivity contribution in [2.75, 3.05) is 56.2 Å². The van der Waals surface area contributed by atoms with E-state index < -0.39 is 49.1 Å². The lowest BCUT2D eigenvalue weighted by molar-refractivity contribution is -0.384. The summed E-state index contributed by atoms with van der Waals surface area (Å²) in [7, 11) is -5.41. The molecule has 1 amide bonds. The Morgan fingerprint density at radius 2 is 1.80 bits per heavy atom. The molecule has 2 saturated carbocycles. The van der Waals surface area contributed by atoms with Gasteiger partial charge in [0.1, 0.15) is 22.0 Å². The molecule has 1 spiro atoms. The molecule has 5 heterocycles. The molecule has 0 atom stereocenters. The van der Waals surface area contributed by atoms with Crippen LogP contribution < -0.4 is 19.7 Å². The van der Waals surface area contributed by atoms with Gasteiger partial charge < -0.3 is 24.7 Å². The molecular formula is C40H47F3N8O7S. The monoisotopic (exact) mass is 840 g/mol. The van der Waals surface area contributed by atoms with E-state index in [1.165, 1.54) is 12.3 Å². The summed E-state index contributed by atoms with van der Waals surface area (Å²) in [4.78, 5) is 38.9. The Balaban J connectivity index is 1.05. The molecule has 1 aromatic carbocycles. The molecule has 2 aliphatic heterocycles. The van der Waals surface area contributed by atoms with Crippen LogP contribution in [-0.2, 0) is 20.9 Å². The Hall–Kier alpha value is -5.01. The summed E-state index contributed by atoms with van der Waals surface area (Å²) in [6, 6.07) is 8.87. The van der Waals surface area contributed by atoms with Gasteiger partial charge in [-0.1, -0.05) is 19.8 Å². The van der Waals surface area contributed by atoms with E-state index >= 15 is 0 Å². The fraction of sp³-hybridized carbons (Fsp3) is 0.525. The summed E-state index contributed by atoms with van der Waals surface area (Å²) in [5.41, 5.74) is -1.63. The number of rotatable bonds is 11. The van der Waals surface area contributed by atoms with Crippen LogP contribution in [-0.4, -0.2) is 91.1 Å². The summed E-state index contributed by atoms with van der Waals surface area (Å²) in [5.74, 6) is -1.31. The van der Waals surface area contributed by atoms with Crippen LogP contribution in [0.15, 0.2) is 53.7 Å². The van der Waals surface area contributed by atoms with Gasteiger partial charge in [-0.2, -0.15) is 13.2 Å². The number of nitrogens with one attached hydrogen (secondary N) is 3. The molecule has 15 nitrogen and oxygen atoms in total. The van der Waals surface area contributed by atoms with E-state index in [1.54, 1.807) is 35.2 Å². The highest BCUT2D eigenvalue weighted by atomic mass is 32.2. The number of benzene rings is 1. The van der Waals surface area contributed by atoms with E-state index in [4.69, 9.17) is 9.47 Å². The minimum atomic E-state index is -5.41. The van der Waals surface area contributed by atoms with Crippen molar-refractivity contribution in [3.05, 3.63) is 70.2 Å². The summed E-state index contributed by atoms with van der Waals surface area (Å²) >= 11 is 0. The average molecular weight is 841 g/mol. The van der Waals surface area contributed by atoms with Crippen LogP contribution in [0.2, 0.25) is 0 Å². The summed E-state index contributed by atoms with van der Waals surface area (Å²) in [6.07, 6.45) is 5.34. The molecule has 316 valence electrons. The fourth-order valence-corrected chi connectivity index (χ4v) is 10.2. The topological polar surface area (TPSA) is 185 Å². The van der Waals surface area contributed by atoms with Crippen LogP contribution in [0.1, 0.15) is 74.3 Å². The number of ether oxygens (including phenoxy) is 2. The lowest BCUT2D eigenvalue weighted by Gasteiger charge is -2.56. The van der Waals surface area contributed by atoms with Gasteiger partial charge in [-0.3, -0.25) is 19.8 Å². The lowest BCUT2D eigenvalue weighted by Crippen LogP contribution is -2.57. The van der Waals surface area contributed by atoms with Crippen molar-refractivity contribution < 1.29 is 40.8 Å². The third kappa shape index (κ3) is 8.82. The molecule has 3 N–H and O–H groups in total. The number of sulfonamides is 1. The van der Waals surface area contributed by atoms with Crippen LogP contribution in [0.25, 0.3) is 11.0 Å². The SMILES string of the molecule is C[C@H]1CC[C@@H](CNc2nc(C(F)(F)F)c(S(=O)(=O)NC(=O)c3ccc(N4CCC5(CC4)CC(N4CCOCC4)C5)cc3Oc3cnc4[nH]ccc4c3)cc2[N+](=O)[O-])CC1. The van der Waals surface area contributed by atoms with Crippen molar-refractivity contribution in [3.8, 4) is 11.5 Å². The number of aromatic amines is 1. The van der Waals surface area contributed by atoms with Crippen molar-refractivity contribution in [2.24, 2.45) is 17.3 Å². The number of morpholine rings is 1. The number of carbonyl (C=O) groups excluding carboxylic acids is 1. The maximum absolute atomic E-state index is 14.5. The quantitative estimate of drug-likeness (QED) is 0.103. The number of alkyl halides is 3. The zero-order chi connectivity index (χ0) is 41.5. The number of nitro groups is 1. The number of fused-ring (bicyclic) bond motifs is 1. The number of halogens is 3. The van der Waals surface area contributed by atoms with E-state index in [0.717, 1.165) is 90.8 Å². The number of nitrogens with zero attached hydrogens (tertiary/aromatic N) is 5. The maximum atomic E-state index is 14.5. The molecule has 4 aliphatic rings. The number of anilines is 2. The number of hydrogen-bond acceptors (Lipinski definition) is 12. The third-order valence-corrected chi connectivity index (χ3v) is 13.9. The number of pyridine rings is 2. The highest BCUT2D eigenvalue weighted by Crippen LogP contribution is 2.51. The first-order chi connectivity index (χ1) is 28.2. The molecule has 2 saturated heterocycles. The zero-order valence-corrected chi connectivity index (χ0v) is 33.4. The smallest absolute Gasteiger partial charge is 0.434 e. The van der Waals surface area contributed by atoms with Crippen LogP contribution in [0, 0.1) is 27.4 Å². The Labute approximate surface area is 339 Å². The summed E-state index contributed by atoms with van der Waals surface area (Å²) < 4.78 is 84.4. The molecule has 19 heteroatoms. The molecule has 59 heavy (non-hydrogen) atoms. The first-order valence-corrected chi connectivity index (χ1v) is 21.5. The van der Waals surface area contributed by atoms with Gasteiger partial charge in [0, 0.05) is 68.2 Å². The molecule has 0 unspecified atom stereocenters. The van der Waals surface area contributed by atoms with Crippen molar-refractivity contribution in [3.63, 3.8) is 0 Å². The van der Waals surface area contributed by atoms with Crippen LogP contribution in [0.3, 0.4) is 0 Å². The number of aromatic nitrogens is 3. The second kappa shape index (κ2) is 16.2. The second-order valence-corrected chi connectivity index (χ2v) is 18.1. The minimum absolute atomic E-state index is 0.0517. The van der Waals surface area contributed by atoms with Crippen molar-refractivity contribution >= 4 is 44.2 Å². The van der Waals surface area contributed by atoms with E-state index in [0.29, 0.717) is 34.7 Å². The van der Waals surface area contributed by atoms with E-state index in [9.17, 15) is 36.5 Å². The second-order valence-electron chi connectivity index (χ2n) is 16.5. The van der Waals surface area contributed by atoms with Gasteiger partial charge in [0.15, 0.2) is 5.69 Å². The largest absolute Gasteiger partial charge is 0.455 e. The van der Waals surface area contributed by atoms with E-state index in [2.05, 4.69) is 37.0 Å². The molecule has 0 radical (unpaired) electrons. The Morgan fingerprint density at radius 3 is 2.49 bits per heavy atom. The normalized spacial score (nSPS) is 21.6. The molecule has 4 fully saturated rings. The van der Waals surface area contributed by atoms with Crippen LogP contribution in [0.5, 0.6) is 11.5 Å². The molecule has 0 bridgehead atoms. The summed E-state index contributed by atoms with van der Waals surface area (Å²) in [6.45, 7) is 7.13. The van der Waals surface area contributed by atoms with Crippen LogP contribution >= 0.6 is 0 Å². The highest BCUT2D eigenvalue weighted by molar-refractivity contribution is 7.90. The molecule has 3 aromatic heterocycles. The molecule has 2 aliphatic carbocycles. The molecule has 4 aromatic rings. The van der Waals surface area contributed by atoms with E-state index in [1.807, 2.05) is 0 Å². The van der Waals surface area contributed by atoms with Gasteiger partial charge in [0.25, 0.3) is 15.9 Å². The number of carbonyl (C=O) groups is 1. The summed E-state index contributed by atoms with van der Waals surface area (Å²) in [5, 5.41) is 15.5. The van der Waals surface area contributed by atoms with Gasteiger partial charge in [0.05, 0.1) is 29.9 Å². The third-order valence-electron chi connectivity index (χ3n) is 12.5. The molecular weight excluding hydrogens is 794 g/mol. The first-order valence-electron chi connectivity index (χ1n) is 20.1. The predicted octanol–water partition coefficient (Wildman–Crippen LogP) is 7.12. The van der Waals surface area contributed by atoms with Crippen molar-refractivity contribution in [1.82, 2.24) is 24.6 Å². The van der Waals surface area contributed by atoms with Crippen molar-refractivity contribution in [1.29, 1.82) is 0 Å². The maximum Gasteiger partial charge on any atom is 0.434 e. The van der Waals surface area contributed by atoms with Gasteiger partial charge in [0.2, 0.25) is 5.82 Å². The lowest BCUT2D eigenvalue weighted by atomic mass is 9.60. The van der Waals surface area contributed by atoms with Gasteiger partial charge in [-0.25, -0.2) is 23.1 Å². The van der Waals surface area contributed by atoms with Crippen LogP contribution in [0.4, 0.5) is 30.4 Å². The van der Waals surface area contributed by atoms with E-state index in [-0.39, 0.29) is 34.9 Å².